The van der Waals surface area contributed by atoms with Crippen LogP contribution < -0.4 is 9.44 Å². The molecule has 0 aromatic heterocycles. The number of rotatable bonds is 7. The smallest absolute Gasteiger partial charge is 0.261 e. The number of nitrogens with one attached hydrogen (secondary N) is 2. The Morgan fingerprint density at radius 1 is 0.885 bits per heavy atom. The summed E-state index contributed by atoms with van der Waals surface area (Å²) in [4.78, 5) is 0.0722. The zero-order chi connectivity index (χ0) is 18.9. The van der Waals surface area contributed by atoms with Gasteiger partial charge in [0.2, 0.25) is 10.0 Å². The summed E-state index contributed by atoms with van der Waals surface area (Å²) in [5, 5.41) is 0. The van der Waals surface area contributed by atoms with E-state index < -0.39 is 20.0 Å². The molecule has 1 saturated carbocycles. The summed E-state index contributed by atoms with van der Waals surface area (Å²) in [5.74, 6) is 0.280. The first-order valence-corrected chi connectivity index (χ1v) is 11.4. The molecule has 0 radical (unpaired) electrons. The highest BCUT2D eigenvalue weighted by Gasteiger charge is 2.28. The Hall–Kier alpha value is -1.90. The molecule has 0 unspecified atom stereocenters. The van der Waals surface area contributed by atoms with Gasteiger partial charge in [0.05, 0.1) is 9.79 Å². The fraction of sp³-hybridized carbons (Fsp3) is 0.333. The molecule has 140 valence electrons. The topological polar surface area (TPSA) is 92.3 Å². The Morgan fingerprint density at radius 2 is 1.46 bits per heavy atom. The monoisotopic (exact) mass is 394 g/mol. The summed E-state index contributed by atoms with van der Waals surface area (Å²) < 4.78 is 54.5. The van der Waals surface area contributed by atoms with E-state index in [2.05, 4.69) is 9.44 Å². The zero-order valence-corrected chi connectivity index (χ0v) is 16.3. The van der Waals surface area contributed by atoms with Gasteiger partial charge in [-0.15, -0.1) is 0 Å². The highest BCUT2D eigenvalue weighted by Crippen LogP contribution is 2.24. The van der Waals surface area contributed by atoms with Gasteiger partial charge in [0.1, 0.15) is 0 Å². The molecule has 2 N–H and O–H groups in total. The molecule has 0 aliphatic heterocycles. The highest BCUT2D eigenvalue weighted by atomic mass is 32.2. The minimum atomic E-state index is -3.79. The van der Waals surface area contributed by atoms with E-state index in [1.807, 2.05) is 19.9 Å². The molecule has 0 spiro atoms. The molecule has 0 amide bonds. The van der Waals surface area contributed by atoms with Crippen LogP contribution in [0.5, 0.6) is 0 Å². The SMILES string of the molecule is CC(C)c1cccc(NS(=O)(=O)c2ccc(S(=O)(=O)NC3CC3)cc2)c1. The van der Waals surface area contributed by atoms with Gasteiger partial charge in [0.15, 0.2) is 0 Å². The molecule has 6 nitrogen and oxygen atoms in total. The predicted molar refractivity (Wildman–Crippen MR) is 101 cm³/mol. The normalized spacial score (nSPS) is 15.2. The van der Waals surface area contributed by atoms with Crippen LogP contribution in [-0.2, 0) is 20.0 Å². The van der Waals surface area contributed by atoms with Crippen molar-refractivity contribution in [3.05, 3.63) is 54.1 Å². The number of hydrogen-bond donors (Lipinski definition) is 2. The van der Waals surface area contributed by atoms with Gasteiger partial charge in [-0.05, 0) is 60.7 Å². The lowest BCUT2D eigenvalue weighted by molar-refractivity contribution is 0.580. The molecule has 1 aliphatic rings. The summed E-state index contributed by atoms with van der Waals surface area (Å²) >= 11 is 0. The van der Waals surface area contributed by atoms with E-state index in [1.54, 1.807) is 18.2 Å². The van der Waals surface area contributed by atoms with Crippen molar-refractivity contribution < 1.29 is 16.8 Å². The van der Waals surface area contributed by atoms with Gasteiger partial charge in [-0.1, -0.05) is 26.0 Å². The average Bonchev–Trinajstić information content (AvgIpc) is 3.38. The second-order valence-electron chi connectivity index (χ2n) is 6.75. The molecular weight excluding hydrogens is 372 g/mol. The van der Waals surface area contributed by atoms with Gasteiger partial charge in [0.25, 0.3) is 10.0 Å². The molecule has 0 bridgehead atoms. The Kier molecular flexibility index (Phi) is 5.09. The lowest BCUT2D eigenvalue weighted by Gasteiger charge is -2.12. The summed E-state index contributed by atoms with van der Waals surface area (Å²) in [6, 6.07) is 12.4. The van der Waals surface area contributed by atoms with Crippen LogP contribution in [0.15, 0.2) is 58.3 Å². The molecule has 0 heterocycles. The van der Waals surface area contributed by atoms with Crippen LogP contribution in [0.1, 0.15) is 38.2 Å². The lowest BCUT2D eigenvalue weighted by atomic mass is 10.0. The maximum atomic E-state index is 12.6. The second kappa shape index (κ2) is 7.02. The second-order valence-corrected chi connectivity index (χ2v) is 10.1. The van der Waals surface area contributed by atoms with Gasteiger partial charge in [-0.2, -0.15) is 0 Å². The number of hydrogen-bond acceptors (Lipinski definition) is 4. The molecule has 3 rings (SSSR count). The molecule has 8 heteroatoms. The summed E-state index contributed by atoms with van der Waals surface area (Å²) in [6.45, 7) is 4.06. The van der Waals surface area contributed by atoms with Crippen molar-refractivity contribution in [3.8, 4) is 0 Å². The van der Waals surface area contributed by atoms with Crippen LogP contribution in [0.25, 0.3) is 0 Å². The van der Waals surface area contributed by atoms with E-state index >= 15 is 0 Å². The third-order valence-electron chi connectivity index (χ3n) is 4.15. The maximum Gasteiger partial charge on any atom is 0.261 e. The van der Waals surface area contributed by atoms with Crippen LogP contribution in [-0.4, -0.2) is 22.9 Å². The molecule has 0 atom stereocenters. The third-order valence-corrected chi connectivity index (χ3v) is 7.08. The van der Waals surface area contributed by atoms with Gasteiger partial charge in [0, 0.05) is 11.7 Å². The van der Waals surface area contributed by atoms with Crippen LogP contribution in [0.4, 0.5) is 5.69 Å². The van der Waals surface area contributed by atoms with Crippen LogP contribution in [0.2, 0.25) is 0 Å². The first-order valence-electron chi connectivity index (χ1n) is 8.42. The average molecular weight is 395 g/mol. The standard InChI is InChI=1S/C18H22N2O4S2/c1-13(2)14-4-3-5-16(12-14)20-26(23,24)18-10-8-17(9-11-18)25(21,22)19-15-6-7-15/h3-5,8-13,15,19-20H,6-7H2,1-2H3. The van der Waals surface area contributed by atoms with E-state index in [0.29, 0.717) is 5.69 Å². The largest absolute Gasteiger partial charge is 0.280 e. The van der Waals surface area contributed by atoms with E-state index in [1.165, 1.54) is 24.3 Å². The van der Waals surface area contributed by atoms with E-state index in [9.17, 15) is 16.8 Å². The Morgan fingerprint density at radius 3 is 2.00 bits per heavy atom. The summed E-state index contributed by atoms with van der Waals surface area (Å²) in [7, 11) is -7.39. The number of anilines is 1. The quantitative estimate of drug-likeness (QED) is 0.755. The minimum Gasteiger partial charge on any atom is -0.280 e. The fourth-order valence-electron chi connectivity index (χ4n) is 2.46. The van der Waals surface area contributed by atoms with Crippen molar-refractivity contribution in [3.63, 3.8) is 0 Å². The molecular formula is C18H22N2O4S2. The van der Waals surface area contributed by atoms with Crippen molar-refractivity contribution in [1.82, 2.24) is 4.72 Å². The van der Waals surface area contributed by atoms with Gasteiger partial charge < -0.3 is 0 Å². The first-order chi connectivity index (χ1) is 12.2. The van der Waals surface area contributed by atoms with E-state index in [0.717, 1.165) is 18.4 Å². The van der Waals surface area contributed by atoms with E-state index in [-0.39, 0.29) is 21.8 Å². The first kappa shape index (κ1) is 18.9. The molecule has 2 aromatic carbocycles. The fourth-order valence-corrected chi connectivity index (χ4v) is 4.82. The van der Waals surface area contributed by atoms with Crippen molar-refractivity contribution in [2.75, 3.05) is 4.72 Å². The third kappa shape index (κ3) is 4.44. The van der Waals surface area contributed by atoms with E-state index in [4.69, 9.17) is 0 Å². The van der Waals surface area contributed by atoms with Crippen LogP contribution in [0.3, 0.4) is 0 Å². The van der Waals surface area contributed by atoms with Crippen LogP contribution in [0, 0.1) is 0 Å². The van der Waals surface area contributed by atoms with Crippen molar-refractivity contribution in [2.45, 2.75) is 48.4 Å². The van der Waals surface area contributed by atoms with Crippen molar-refractivity contribution >= 4 is 25.7 Å². The number of sulfonamides is 2. The molecule has 1 aliphatic carbocycles. The Bertz CT molecular complexity index is 994. The van der Waals surface area contributed by atoms with Crippen molar-refractivity contribution in [1.29, 1.82) is 0 Å². The van der Waals surface area contributed by atoms with Crippen molar-refractivity contribution in [2.24, 2.45) is 0 Å². The number of benzene rings is 2. The lowest BCUT2D eigenvalue weighted by Crippen LogP contribution is -2.25. The van der Waals surface area contributed by atoms with Gasteiger partial charge >= 0.3 is 0 Å². The predicted octanol–water partition coefficient (Wildman–Crippen LogP) is 3.05. The van der Waals surface area contributed by atoms with Gasteiger partial charge in [-0.3, -0.25) is 4.72 Å². The zero-order valence-electron chi connectivity index (χ0n) is 14.6. The molecule has 0 saturated heterocycles. The molecule has 2 aromatic rings. The van der Waals surface area contributed by atoms with Gasteiger partial charge in [-0.25, -0.2) is 21.6 Å². The Labute approximate surface area is 154 Å². The maximum absolute atomic E-state index is 12.6. The summed E-state index contributed by atoms with van der Waals surface area (Å²) in [5.41, 5.74) is 1.50. The molecule has 26 heavy (non-hydrogen) atoms. The minimum absolute atomic E-state index is 0.00157. The van der Waals surface area contributed by atoms with Crippen LogP contribution >= 0.6 is 0 Å². The highest BCUT2D eigenvalue weighted by molar-refractivity contribution is 7.92. The Balaban J connectivity index is 1.80. The molecule has 1 fully saturated rings. The summed E-state index contributed by atoms with van der Waals surface area (Å²) in [6.07, 6.45) is 1.68.